The molecule has 0 fully saturated rings. The summed E-state index contributed by atoms with van der Waals surface area (Å²) in [6, 6.07) is 9.99. The second-order valence-corrected chi connectivity index (χ2v) is 5.54. The fraction of sp³-hybridized carbons (Fsp3) is 0.588. The number of hydrogen-bond donors (Lipinski definition) is 2. The van der Waals surface area contributed by atoms with Crippen molar-refractivity contribution in [1.82, 2.24) is 5.32 Å². The summed E-state index contributed by atoms with van der Waals surface area (Å²) in [7, 11) is 0. The molecule has 1 amide bonds. The Kier molecular flexibility index (Phi) is 8.71. The van der Waals surface area contributed by atoms with E-state index in [9.17, 15) is 4.79 Å². The van der Waals surface area contributed by atoms with Crippen molar-refractivity contribution in [3.8, 4) is 0 Å². The molecule has 0 aliphatic rings. The zero-order chi connectivity index (χ0) is 15.5. The van der Waals surface area contributed by atoms with Gasteiger partial charge >= 0.3 is 0 Å². The normalized spacial score (nSPS) is 12.4. The molecule has 0 saturated heterocycles. The van der Waals surface area contributed by atoms with Gasteiger partial charge in [-0.05, 0) is 38.7 Å². The molecule has 0 aliphatic heterocycles. The Morgan fingerprint density at radius 2 is 1.95 bits per heavy atom. The molecule has 1 unspecified atom stereocenters. The molecule has 1 rings (SSSR count). The standard InChI is InChI=1S/C17H28N2O2/c1-14(2)21-11-7-6-10-19-17(20)16(13-18)12-15-8-4-3-5-9-15/h3-5,8-9,14,16H,6-7,10-13,18H2,1-2H3,(H,19,20). The number of rotatable bonds is 10. The van der Waals surface area contributed by atoms with Crippen LogP contribution in [0.25, 0.3) is 0 Å². The van der Waals surface area contributed by atoms with E-state index in [2.05, 4.69) is 5.32 Å². The van der Waals surface area contributed by atoms with Gasteiger partial charge in [-0.2, -0.15) is 0 Å². The predicted octanol–water partition coefficient (Wildman–Crippen LogP) is 2.13. The van der Waals surface area contributed by atoms with E-state index in [0.29, 0.717) is 19.5 Å². The fourth-order valence-corrected chi connectivity index (χ4v) is 2.08. The Morgan fingerprint density at radius 3 is 2.57 bits per heavy atom. The maximum atomic E-state index is 12.1. The lowest BCUT2D eigenvalue weighted by Crippen LogP contribution is -2.36. The van der Waals surface area contributed by atoms with E-state index in [4.69, 9.17) is 10.5 Å². The van der Waals surface area contributed by atoms with E-state index in [1.807, 2.05) is 44.2 Å². The summed E-state index contributed by atoms with van der Waals surface area (Å²) in [6.45, 7) is 5.86. The quantitative estimate of drug-likeness (QED) is 0.649. The van der Waals surface area contributed by atoms with E-state index in [0.717, 1.165) is 25.0 Å². The predicted molar refractivity (Wildman–Crippen MR) is 86.0 cm³/mol. The lowest BCUT2D eigenvalue weighted by Gasteiger charge is -2.15. The van der Waals surface area contributed by atoms with Gasteiger partial charge in [-0.15, -0.1) is 0 Å². The molecular weight excluding hydrogens is 264 g/mol. The van der Waals surface area contributed by atoms with Crippen molar-refractivity contribution < 1.29 is 9.53 Å². The lowest BCUT2D eigenvalue weighted by molar-refractivity contribution is -0.124. The van der Waals surface area contributed by atoms with Crippen molar-refractivity contribution in [3.63, 3.8) is 0 Å². The SMILES string of the molecule is CC(C)OCCCCNC(=O)C(CN)Cc1ccccc1. The van der Waals surface area contributed by atoms with Gasteiger partial charge in [0.15, 0.2) is 0 Å². The van der Waals surface area contributed by atoms with Gasteiger partial charge in [0.2, 0.25) is 5.91 Å². The average molecular weight is 292 g/mol. The topological polar surface area (TPSA) is 64.3 Å². The van der Waals surface area contributed by atoms with Gasteiger partial charge in [0.1, 0.15) is 0 Å². The molecule has 118 valence electrons. The summed E-state index contributed by atoms with van der Waals surface area (Å²) in [5.41, 5.74) is 6.87. The third kappa shape index (κ3) is 7.83. The molecule has 21 heavy (non-hydrogen) atoms. The van der Waals surface area contributed by atoms with E-state index < -0.39 is 0 Å². The Hall–Kier alpha value is -1.39. The third-order valence-corrected chi connectivity index (χ3v) is 3.30. The molecule has 1 atom stereocenters. The monoisotopic (exact) mass is 292 g/mol. The van der Waals surface area contributed by atoms with E-state index in [1.54, 1.807) is 0 Å². The van der Waals surface area contributed by atoms with Crippen molar-refractivity contribution in [2.45, 2.75) is 39.2 Å². The molecule has 3 N–H and O–H groups in total. The Balaban J connectivity index is 2.22. The molecule has 4 heteroatoms. The van der Waals surface area contributed by atoms with Crippen LogP contribution in [0.5, 0.6) is 0 Å². The van der Waals surface area contributed by atoms with E-state index in [1.165, 1.54) is 0 Å². The Labute approximate surface area is 128 Å². The van der Waals surface area contributed by atoms with E-state index in [-0.39, 0.29) is 17.9 Å². The third-order valence-electron chi connectivity index (χ3n) is 3.30. The molecule has 1 aromatic carbocycles. The number of carbonyl (C=O) groups is 1. The van der Waals surface area contributed by atoms with Crippen LogP contribution in [0, 0.1) is 5.92 Å². The number of ether oxygens (including phenoxy) is 1. The highest BCUT2D eigenvalue weighted by Gasteiger charge is 2.16. The molecule has 0 bridgehead atoms. The minimum atomic E-state index is -0.153. The van der Waals surface area contributed by atoms with Crippen LogP contribution < -0.4 is 11.1 Å². The minimum Gasteiger partial charge on any atom is -0.379 e. The summed E-state index contributed by atoms with van der Waals surface area (Å²) in [4.78, 5) is 12.1. The number of nitrogens with one attached hydrogen (secondary N) is 1. The highest BCUT2D eigenvalue weighted by molar-refractivity contribution is 5.79. The van der Waals surface area contributed by atoms with Crippen LogP contribution in [0.4, 0.5) is 0 Å². The number of unbranched alkanes of at least 4 members (excludes halogenated alkanes) is 1. The van der Waals surface area contributed by atoms with Gasteiger partial charge in [0.05, 0.1) is 12.0 Å². The van der Waals surface area contributed by atoms with Crippen molar-refractivity contribution in [2.24, 2.45) is 11.7 Å². The van der Waals surface area contributed by atoms with E-state index >= 15 is 0 Å². The number of nitrogens with two attached hydrogens (primary N) is 1. The fourth-order valence-electron chi connectivity index (χ4n) is 2.08. The van der Waals surface area contributed by atoms with Crippen molar-refractivity contribution >= 4 is 5.91 Å². The van der Waals surface area contributed by atoms with Crippen LogP contribution in [0.1, 0.15) is 32.3 Å². The van der Waals surface area contributed by atoms with Gasteiger partial charge in [-0.1, -0.05) is 30.3 Å². The van der Waals surface area contributed by atoms with Gasteiger partial charge in [0.25, 0.3) is 0 Å². The van der Waals surface area contributed by atoms with Gasteiger partial charge in [0, 0.05) is 19.7 Å². The zero-order valence-corrected chi connectivity index (χ0v) is 13.2. The number of amides is 1. The van der Waals surface area contributed by atoms with Gasteiger partial charge < -0.3 is 15.8 Å². The van der Waals surface area contributed by atoms with Crippen LogP contribution >= 0.6 is 0 Å². The van der Waals surface area contributed by atoms with Crippen LogP contribution in [0.3, 0.4) is 0 Å². The smallest absolute Gasteiger partial charge is 0.224 e. The first-order valence-electron chi connectivity index (χ1n) is 7.76. The molecule has 0 radical (unpaired) electrons. The summed E-state index contributed by atoms with van der Waals surface area (Å²) in [5.74, 6) is -0.106. The maximum absolute atomic E-state index is 12.1. The van der Waals surface area contributed by atoms with Gasteiger partial charge in [-0.3, -0.25) is 4.79 Å². The first kappa shape index (κ1) is 17.7. The Bertz CT molecular complexity index is 393. The summed E-state index contributed by atoms with van der Waals surface area (Å²) >= 11 is 0. The number of hydrogen-bond acceptors (Lipinski definition) is 3. The first-order valence-corrected chi connectivity index (χ1v) is 7.76. The maximum Gasteiger partial charge on any atom is 0.224 e. The van der Waals surface area contributed by atoms with Crippen molar-refractivity contribution in [1.29, 1.82) is 0 Å². The van der Waals surface area contributed by atoms with Crippen molar-refractivity contribution in [3.05, 3.63) is 35.9 Å². The second kappa shape index (κ2) is 10.4. The highest BCUT2D eigenvalue weighted by atomic mass is 16.5. The number of carbonyl (C=O) groups excluding carboxylic acids is 1. The second-order valence-electron chi connectivity index (χ2n) is 5.54. The largest absolute Gasteiger partial charge is 0.379 e. The van der Waals surface area contributed by atoms with Crippen LogP contribution in [0.15, 0.2) is 30.3 Å². The van der Waals surface area contributed by atoms with Gasteiger partial charge in [-0.25, -0.2) is 0 Å². The molecule has 0 aliphatic carbocycles. The lowest BCUT2D eigenvalue weighted by atomic mass is 9.98. The molecule has 0 aromatic heterocycles. The summed E-state index contributed by atoms with van der Waals surface area (Å²) < 4.78 is 5.46. The Morgan fingerprint density at radius 1 is 1.24 bits per heavy atom. The molecule has 0 saturated carbocycles. The van der Waals surface area contributed by atoms with Crippen LogP contribution in [-0.2, 0) is 16.0 Å². The average Bonchev–Trinajstić information content (AvgIpc) is 2.48. The molecule has 0 spiro atoms. The molecule has 1 aromatic rings. The van der Waals surface area contributed by atoms with Crippen LogP contribution in [0.2, 0.25) is 0 Å². The van der Waals surface area contributed by atoms with Crippen LogP contribution in [-0.4, -0.2) is 31.7 Å². The molecule has 0 heterocycles. The minimum absolute atomic E-state index is 0.0473. The number of benzene rings is 1. The zero-order valence-electron chi connectivity index (χ0n) is 13.2. The highest BCUT2D eigenvalue weighted by Crippen LogP contribution is 2.08. The summed E-state index contributed by atoms with van der Waals surface area (Å²) in [6.07, 6.45) is 2.86. The molecule has 4 nitrogen and oxygen atoms in total. The first-order chi connectivity index (χ1) is 10.1. The summed E-state index contributed by atoms with van der Waals surface area (Å²) in [5, 5.41) is 2.97. The molecular formula is C17H28N2O2. The van der Waals surface area contributed by atoms with Crippen molar-refractivity contribution in [2.75, 3.05) is 19.7 Å².